The Morgan fingerprint density at radius 3 is 2.74 bits per heavy atom. The van der Waals surface area contributed by atoms with Crippen LogP contribution in [-0.4, -0.2) is 10.2 Å². The van der Waals surface area contributed by atoms with Gasteiger partial charge in [-0.25, -0.2) is 0 Å². The van der Waals surface area contributed by atoms with E-state index >= 15 is 0 Å². The van der Waals surface area contributed by atoms with Crippen LogP contribution in [0.25, 0.3) is 22.2 Å². The van der Waals surface area contributed by atoms with E-state index in [-0.39, 0.29) is 0 Å². The molecule has 0 saturated carbocycles. The van der Waals surface area contributed by atoms with E-state index in [1.807, 2.05) is 12.1 Å². The average Bonchev–Trinajstić information content (AvgIpc) is 3.10. The van der Waals surface area contributed by atoms with Gasteiger partial charge in [-0.1, -0.05) is 36.4 Å². The second kappa shape index (κ2) is 5.24. The molecule has 0 aliphatic rings. The van der Waals surface area contributed by atoms with Gasteiger partial charge in [0.05, 0.1) is 10.6 Å². The molecule has 0 radical (unpaired) electrons. The minimum Gasteiger partial charge on any atom is -0.278 e. The molecule has 0 aliphatic heterocycles. The predicted molar refractivity (Wildman–Crippen MR) is 81.9 cm³/mol. The summed E-state index contributed by atoms with van der Waals surface area (Å²) in [5.41, 5.74) is 4.49. The molecular formula is C16H14N2S. The molecule has 1 N–H and O–H groups in total. The Kier molecular flexibility index (Phi) is 3.29. The molecule has 1 aromatic carbocycles. The summed E-state index contributed by atoms with van der Waals surface area (Å²) in [5.74, 6) is 0. The molecule has 2 nitrogen and oxygen atoms in total. The summed E-state index contributed by atoms with van der Waals surface area (Å²) in [5, 5.41) is 9.49. The number of hydrogen-bond acceptors (Lipinski definition) is 2. The first-order valence-corrected chi connectivity index (χ1v) is 7.04. The number of rotatable bonds is 3. The molecule has 19 heavy (non-hydrogen) atoms. The first-order chi connectivity index (χ1) is 9.33. The predicted octanol–water partition coefficient (Wildman–Crippen LogP) is 4.70. The van der Waals surface area contributed by atoms with E-state index in [0.717, 1.165) is 11.4 Å². The molecule has 0 spiro atoms. The Morgan fingerprint density at radius 2 is 2.00 bits per heavy atom. The highest BCUT2D eigenvalue weighted by atomic mass is 32.1. The Labute approximate surface area is 116 Å². The molecule has 0 unspecified atom stereocenters. The normalized spacial score (nSPS) is 11.7. The van der Waals surface area contributed by atoms with E-state index in [2.05, 4.69) is 65.0 Å². The first-order valence-electron chi connectivity index (χ1n) is 6.16. The van der Waals surface area contributed by atoms with Gasteiger partial charge in [0.1, 0.15) is 5.69 Å². The summed E-state index contributed by atoms with van der Waals surface area (Å²) < 4.78 is 0. The fourth-order valence-corrected chi connectivity index (χ4v) is 2.66. The van der Waals surface area contributed by atoms with Crippen molar-refractivity contribution in [2.45, 2.75) is 6.92 Å². The van der Waals surface area contributed by atoms with Crippen molar-refractivity contribution in [3.05, 3.63) is 65.2 Å². The Morgan fingerprint density at radius 1 is 1.16 bits per heavy atom. The van der Waals surface area contributed by atoms with E-state index in [1.54, 1.807) is 11.3 Å². The van der Waals surface area contributed by atoms with E-state index < -0.39 is 0 Å². The third kappa shape index (κ3) is 2.66. The number of allylic oxidation sites excluding steroid dienone is 1. The van der Waals surface area contributed by atoms with Gasteiger partial charge in [0.15, 0.2) is 0 Å². The lowest BCUT2D eigenvalue weighted by atomic mass is 10.1. The Balaban J connectivity index is 1.88. The van der Waals surface area contributed by atoms with Gasteiger partial charge < -0.3 is 0 Å². The smallest absolute Gasteiger partial charge is 0.103 e. The maximum atomic E-state index is 4.35. The molecule has 3 rings (SSSR count). The van der Waals surface area contributed by atoms with Gasteiger partial charge in [-0.05, 0) is 41.6 Å². The SMILES string of the molecule is C/C(=C/c1cc(-c2cccs2)n[nH]1)c1ccccc1. The summed E-state index contributed by atoms with van der Waals surface area (Å²) in [7, 11) is 0. The second-order valence-electron chi connectivity index (χ2n) is 4.38. The van der Waals surface area contributed by atoms with Crippen LogP contribution >= 0.6 is 11.3 Å². The second-order valence-corrected chi connectivity index (χ2v) is 5.33. The van der Waals surface area contributed by atoms with Gasteiger partial charge in [-0.15, -0.1) is 11.3 Å². The van der Waals surface area contributed by atoms with Crippen molar-refractivity contribution in [1.29, 1.82) is 0 Å². The molecule has 0 atom stereocenters. The maximum absolute atomic E-state index is 4.35. The van der Waals surface area contributed by atoms with E-state index in [9.17, 15) is 0 Å². The Hall–Kier alpha value is -2.13. The van der Waals surface area contributed by atoms with Crippen LogP contribution in [0.15, 0.2) is 53.9 Å². The number of benzene rings is 1. The van der Waals surface area contributed by atoms with Crippen LogP contribution < -0.4 is 0 Å². The van der Waals surface area contributed by atoms with Crippen molar-refractivity contribution in [3.63, 3.8) is 0 Å². The van der Waals surface area contributed by atoms with Gasteiger partial charge >= 0.3 is 0 Å². The maximum Gasteiger partial charge on any atom is 0.103 e. The van der Waals surface area contributed by atoms with E-state index in [4.69, 9.17) is 0 Å². The molecule has 0 amide bonds. The molecule has 2 aromatic heterocycles. The molecule has 0 bridgehead atoms. The summed E-state index contributed by atoms with van der Waals surface area (Å²) in [6.07, 6.45) is 2.12. The van der Waals surface area contributed by atoms with Gasteiger partial charge in [0.2, 0.25) is 0 Å². The highest BCUT2D eigenvalue weighted by Gasteiger charge is 2.03. The summed E-state index contributed by atoms with van der Waals surface area (Å²) in [6, 6.07) is 16.6. The number of nitrogens with zero attached hydrogens (tertiary/aromatic N) is 1. The monoisotopic (exact) mass is 266 g/mol. The molecule has 94 valence electrons. The highest BCUT2D eigenvalue weighted by molar-refractivity contribution is 7.13. The third-order valence-electron chi connectivity index (χ3n) is 2.97. The quantitative estimate of drug-likeness (QED) is 0.731. The van der Waals surface area contributed by atoms with E-state index in [0.29, 0.717) is 0 Å². The average molecular weight is 266 g/mol. The molecule has 3 aromatic rings. The molecule has 2 heterocycles. The number of thiophene rings is 1. The lowest BCUT2D eigenvalue weighted by Crippen LogP contribution is -1.79. The minimum atomic E-state index is 1.00. The van der Waals surface area contributed by atoms with Crippen LogP contribution in [0.4, 0.5) is 0 Å². The molecule has 0 saturated heterocycles. The fraction of sp³-hybridized carbons (Fsp3) is 0.0625. The van der Waals surface area contributed by atoms with Gasteiger partial charge in [0.25, 0.3) is 0 Å². The van der Waals surface area contributed by atoms with Crippen molar-refractivity contribution >= 4 is 23.0 Å². The van der Waals surface area contributed by atoms with Crippen molar-refractivity contribution < 1.29 is 0 Å². The van der Waals surface area contributed by atoms with E-state index in [1.165, 1.54) is 16.0 Å². The van der Waals surface area contributed by atoms with Gasteiger partial charge in [0, 0.05) is 0 Å². The number of H-pyrrole nitrogens is 1. The van der Waals surface area contributed by atoms with Crippen molar-refractivity contribution in [1.82, 2.24) is 10.2 Å². The van der Waals surface area contributed by atoms with Gasteiger partial charge in [-0.2, -0.15) is 5.10 Å². The molecular weight excluding hydrogens is 252 g/mol. The third-order valence-corrected chi connectivity index (χ3v) is 3.86. The number of nitrogens with one attached hydrogen (secondary N) is 1. The largest absolute Gasteiger partial charge is 0.278 e. The first kappa shape index (κ1) is 11.9. The lowest BCUT2D eigenvalue weighted by Gasteiger charge is -1.99. The molecule has 3 heteroatoms. The minimum absolute atomic E-state index is 1.00. The standard InChI is InChI=1S/C16H14N2S/c1-12(13-6-3-2-4-7-13)10-14-11-15(18-17-14)16-8-5-9-19-16/h2-11H,1H3,(H,17,18)/b12-10-. The van der Waals surface area contributed by atoms with Crippen LogP contribution in [0.2, 0.25) is 0 Å². The zero-order valence-electron chi connectivity index (χ0n) is 10.6. The number of aromatic nitrogens is 2. The Bertz CT molecular complexity index is 679. The topological polar surface area (TPSA) is 28.7 Å². The van der Waals surface area contributed by atoms with Crippen LogP contribution in [0.3, 0.4) is 0 Å². The van der Waals surface area contributed by atoms with Crippen LogP contribution in [0, 0.1) is 0 Å². The lowest BCUT2D eigenvalue weighted by molar-refractivity contribution is 1.09. The summed E-state index contributed by atoms with van der Waals surface area (Å²) in [6.45, 7) is 2.11. The summed E-state index contributed by atoms with van der Waals surface area (Å²) >= 11 is 1.70. The fourth-order valence-electron chi connectivity index (χ4n) is 1.98. The number of hydrogen-bond donors (Lipinski definition) is 1. The number of aromatic amines is 1. The van der Waals surface area contributed by atoms with Crippen LogP contribution in [0.1, 0.15) is 18.2 Å². The van der Waals surface area contributed by atoms with Crippen LogP contribution in [0.5, 0.6) is 0 Å². The van der Waals surface area contributed by atoms with Crippen LogP contribution in [-0.2, 0) is 0 Å². The molecule has 0 aliphatic carbocycles. The zero-order chi connectivity index (χ0) is 13.1. The van der Waals surface area contributed by atoms with Gasteiger partial charge in [-0.3, -0.25) is 5.10 Å². The van der Waals surface area contributed by atoms with Crippen molar-refractivity contribution in [3.8, 4) is 10.6 Å². The van der Waals surface area contributed by atoms with Crippen molar-refractivity contribution in [2.75, 3.05) is 0 Å². The summed E-state index contributed by atoms with van der Waals surface area (Å²) in [4.78, 5) is 1.19. The van der Waals surface area contributed by atoms with Crippen molar-refractivity contribution in [2.24, 2.45) is 0 Å². The zero-order valence-corrected chi connectivity index (χ0v) is 11.4. The molecule has 0 fully saturated rings. The highest BCUT2D eigenvalue weighted by Crippen LogP contribution is 2.24.